The monoisotopic (exact) mass is 886 g/mol. The summed E-state index contributed by atoms with van der Waals surface area (Å²) in [6.07, 6.45) is -22.4. The molecule has 20 atom stereocenters. The lowest BCUT2D eigenvalue weighted by Crippen LogP contribution is -2.64. The van der Waals surface area contributed by atoms with Gasteiger partial charge in [0, 0.05) is 13.2 Å². The third-order valence-electron chi connectivity index (χ3n) is 10.3. The summed E-state index contributed by atoms with van der Waals surface area (Å²) in [6, 6.07) is 0. The molecule has 4 saturated heterocycles. The lowest BCUT2D eigenvalue weighted by atomic mass is 9.97. The van der Waals surface area contributed by atoms with E-state index in [1.165, 1.54) is 0 Å². The van der Waals surface area contributed by atoms with Gasteiger partial charge in [-0.25, -0.2) is 0 Å². The van der Waals surface area contributed by atoms with E-state index in [0.29, 0.717) is 13.0 Å². The Hall–Kier alpha value is -0.530. The van der Waals surface area contributed by atoms with Gasteiger partial charge in [-0.2, -0.15) is 12.6 Å². The van der Waals surface area contributed by atoms with Gasteiger partial charge in [-0.3, -0.25) is 0 Å². The van der Waals surface area contributed by atoms with Crippen LogP contribution in [0, 0.1) is 0 Å². The number of unbranched alkanes of at least 4 members (excludes halogenated alkanes) is 5. The first kappa shape index (κ1) is 54.6. The number of hydrogen-bond acceptors (Lipinski definition) is 23. The van der Waals surface area contributed by atoms with Crippen LogP contribution in [0.5, 0.6) is 0 Å². The average Bonchev–Trinajstić information content (AvgIpc) is 3.22. The molecule has 0 aromatic carbocycles. The molecular formula is C36H70O22S. The quantitative estimate of drug-likeness (QED) is 0.0401. The van der Waals surface area contributed by atoms with Crippen molar-refractivity contribution in [2.75, 3.05) is 45.4 Å². The van der Waals surface area contributed by atoms with Crippen molar-refractivity contribution in [3.63, 3.8) is 0 Å². The Labute approximate surface area is 349 Å². The van der Waals surface area contributed by atoms with E-state index in [1.807, 2.05) is 0 Å². The van der Waals surface area contributed by atoms with Crippen molar-refractivity contribution >= 4 is 12.6 Å². The minimum absolute atomic E-state index is 0. The number of thiol groups is 1. The summed E-state index contributed by atoms with van der Waals surface area (Å²) in [7, 11) is 0. The van der Waals surface area contributed by atoms with E-state index >= 15 is 0 Å². The zero-order chi connectivity index (χ0) is 43.1. The molecule has 4 heterocycles. The van der Waals surface area contributed by atoms with Crippen molar-refractivity contribution in [2.24, 2.45) is 0 Å². The van der Waals surface area contributed by atoms with E-state index in [0.717, 1.165) is 44.3 Å². The summed E-state index contributed by atoms with van der Waals surface area (Å²) in [5.41, 5.74) is 0. The van der Waals surface area contributed by atoms with Crippen LogP contribution in [0.25, 0.3) is 0 Å². The van der Waals surface area contributed by atoms with Gasteiger partial charge in [0.25, 0.3) is 0 Å². The van der Waals surface area contributed by atoms with Crippen molar-refractivity contribution in [3.05, 3.63) is 0 Å². The predicted octanol–water partition coefficient (Wildman–Crippen LogP) is -5.43. The highest BCUT2D eigenvalue weighted by Crippen LogP contribution is 2.31. The van der Waals surface area contributed by atoms with E-state index in [9.17, 15) is 71.5 Å². The van der Waals surface area contributed by atoms with E-state index in [4.69, 9.17) is 37.9 Å². The molecule has 0 aromatic heterocycles. The molecule has 59 heavy (non-hydrogen) atoms. The van der Waals surface area contributed by atoms with Crippen LogP contribution < -0.4 is 0 Å². The minimum Gasteiger partial charge on any atom is -0.394 e. The molecule has 8 unspecified atom stereocenters. The molecule has 0 bridgehead atoms. The van der Waals surface area contributed by atoms with Crippen LogP contribution in [0.1, 0.15) is 59.3 Å². The Balaban J connectivity index is 0.000000400. The molecule has 22 nitrogen and oxygen atoms in total. The zero-order valence-electron chi connectivity index (χ0n) is 32.4. The maximum atomic E-state index is 10.5. The molecule has 4 aliphatic heterocycles. The first-order chi connectivity index (χ1) is 27.7. The lowest BCUT2D eigenvalue weighted by molar-refractivity contribution is -0.359. The fourth-order valence-corrected chi connectivity index (χ4v) is 6.93. The molecule has 23 heteroatoms. The summed E-state index contributed by atoms with van der Waals surface area (Å²) in [6.45, 7) is 0.196. The largest absolute Gasteiger partial charge is 0.394 e. The summed E-state index contributed by atoms with van der Waals surface area (Å²) in [5, 5.41) is 139. The van der Waals surface area contributed by atoms with Crippen LogP contribution >= 0.6 is 12.6 Å². The van der Waals surface area contributed by atoms with Gasteiger partial charge in [0.2, 0.25) is 0 Å². The minimum atomic E-state index is -1.70. The van der Waals surface area contributed by atoms with Crippen LogP contribution in [0.2, 0.25) is 0 Å². The summed E-state index contributed by atoms with van der Waals surface area (Å²) in [5.74, 6) is 0.755. The van der Waals surface area contributed by atoms with Gasteiger partial charge in [-0.15, -0.1) is 0 Å². The van der Waals surface area contributed by atoms with Crippen molar-refractivity contribution < 1.29 is 109 Å². The van der Waals surface area contributed by atoms with Crippen LogP contribution in [-0.2, 0) is 37.9 Å². The van der Waals surface area contributed by atoms with E-state index in [2.05, 4.69) is 19.6 Å². The van der Waals surface area contributed by atoms with Crippen LogP contribution in [-0.4, -0.2) is 240 Å². The maximum absolute atomic E-state index is 10.5. The van der Waals surface area contributed by atoms with Crippen molar-refractivity contribution in [1.82, 2.24) is 0 Å². The average molecular weight is 887 g/mol. The predicted molar refractivity (Wildman–Crippen MR) is 203 cm³/mol. The summed E-state index contributed by atoms with van der Waals surface area (Å²) < 4.78 is 43.4. The molecule has 0 spiro atoms. The fraction of sp³-hybridized carbons (Fsp3) is 1.00. The number of rotatable bonds is 20. The fourth-order valence-electron chi connectivity index (χ4n) is 6.70. The van der Waals surface area contributed by atoms with Gasteiger partial charge in [0.15, 0.2) is 25.2 Å². The standard InChI is InChI=1S/C18H34O11.C17H32O11S.CH4/c1-2-3-4-5-6-26-17-15(25)13(23)16(10(8-20)28-17)29-18-14(24)12(22)11(21)9(7-19)27-18;18-6-8-10(20)11(21)13(23)17(26-8)28-15-9(7-19)27-16(14(24)12(15)22)25-4-2-1-3-5-29;/h9-25H,2-8H2,1H3;8-24,29H,1-7H2;1H4/t9?,10?,11-,12-,13+,14?,15?,16-,17+,18-;8?,9?,10-,11-,12+,13?,14?,15+,16+,17-;/m00./s1. The molecule has 0 saturated carbocycles. The van der Waals surface area contributed by atoms with Crippen LogP contribution in [0.3, 0.4) is 0 Å². The number of aliphatic hydroxyl groups excluding tert-OH is 14. The number of ether oxygens (including phenoxy) is 8. The Bertz CT molecular complexity index is 1020. The van der Waals surface area contributed by atoms with Crippen molar-refractivity contribution in [1.29, 1.82) is 0 Å². The highest BCUT2D eigenvalue weighted by atomic mass is 32.1. The SMILES string of the molecule is C.CCCCCCO[C@@H]1OC(CO)[C@H](O[C@@H]2OC(CO)[C@H](O)[C@H](O)C2O)[C@H](O)C1O.OCC1O[C@@H](OCCCCCS)C(O)[C@@H](O)[C@@H]1O[C@@H]1OC(CO)[C@H](O)[C@H](O)C1O. The molecule has 4 aliphatic rings. The molecule has 4 rings (SSSR count). The third kappa shape index (κ3) is 14.8. The van der Waals surface area contributed by atoms with E-state index < -0.39 is 149 Å². The second-order valence-electron chi connectivity index (χ2n) is 14.6. The number of aliphatic hydroxyl groups is 14. The molecule has 0 aromatic rings. The molecule has 352 valence electrons. The molecule has 14 N–H and O–H groups in total. The first-order valence-corrected chi connectivity index (χ1v) is 20.3. The smallest absolute Gasteiger partial charge is 0.187 e. The van der Waals surface area contributed by atoms with E-state index in [-0.39, 0.29) is 14.0 Å². The van der Waals surface area contributed by atoms with Crippen LogP contribution in [0.4, 0.5) is 0 Å². The molecular weight excluding hydrogens is 816 g/mol. The number of hydrogen-bond donors (Lipinski definition) is 15. The highest BCUT2D eigenvalue weighted by molar-refractivity contribution is 7.80. The zero-order valence-corrected chi connectivity index (χ0v) is 33.3. The summed E-state index contributed by atoms with van der Waals surface area (Å²) >= 11 is 4.12. The Morgan fingerprint density at radius 2 is 0.746 bits per heavy atom. The van der Waals surface area contributed by atoms with Crippen LogP contribution in [0.15, 0.2) is 0 Å². The maximum Gasteiger partial charge on any atom is 0.187 e. The van der Waals surface area contributed by atoms with Gasteiger partial charge in [-0.1, -0.05) is 40.0 Å². The topological polar surface area (TPSA) is 357 Å². The van der Waals surface area contributed by atoms with Gasteiger partial charge in [0.1, 0.15) is 97.7 Å². The lowest BCUT2D eigenvalue weighted by Gasteiger charge is -2.45. The van der Waals surface area contributed by atoms with Gasteiger partial charge >= 0.3 is 0 Å². The van der Waals surface area contributed by atoms with Gasteiger partial charge in [0.05, 0.1) is 26.4 Å². The van der Waals surface area contributed by atoms with Crippen molar-refractivity contribution in [3.8, 4) is 0 Å². The van der Waals surface area contributed by atoms with E-state index in [1.54, 1.807) is 0 Å². The van der Waals surface area contributed by atoms with Gasteiger partial charge in [-0.05, 0) is 25.0 Å². The summed E-state index contributed by atoms with van der Waals surface area (Å²) in [4.78, 5) is 0. The third-order valence-corrected chi connectivity index (χ3v) is 10.6. The highest BCUT2D eigenvalue weighted by Gasteiger charge is 2.52. The normalized spacial score (nSPS) is 42.7. The molecule has 0 radical (unpaired) electrons. The molecule has 0 aliphatic carbocycles. The molecule has 4 fully saturated rings. The second kappa shape index (κ2) is 27.6. The Kier molecular flexibility index (Phi) is 25.6. The first-order valence-electron chi connectivity index (χ1n) is 19.7. The second-order valence-corrected chi connectivity index (χ2v) is 15.0. The molecule has 0 amide bonds. The Morgan fingerprint density at radius 3 is 1.08 bits per heavy atom. The Morgan fingerprint density at radius 1 is 0.407 bits per heavy atom. The van der Waals surface area contributed by atoms with Gasteiger partial charge < -0.3 is 109 Å². The van der Waals surface area contributed by atoms with Crippen molar-refractivity contribution in [2.45, 2.75) is 182 Å².